The van der Waals surface area contributed by atoms with Crippen LogP contribution in [0.15, 0.2) is 71.3 Å². The van der Waals surface area contributed by atoms with Crippen molar-refractivity contribution < 1.29 is 18.9 Å². The number of furan rings is 1. The van der Waals surface area contributed by atoms with E-state index in [1.54, 1.807) is 29.4 Å². The minimum atomic E-state index is -0.487. The van der Waals surface area contributed by atoms with Gasteiger partial charge in [0.05, 0.1) is 42.2 Å². The van der Waals surface area contributed by atoms with Gasteiger partial charge in [0.15, 0.2) is 0 Å². The third-order valence-corrected chi connectivity index (χ3v) is 4.98. The van der Waals surface area contributed by atoms with Gasteiger partial charge in [0.25, 0.3) is 11.6 Å². The first-order valence-electron chi connectivity index (χ1n) is 9.64. The summed E-state index contributed by atoms with van der Waals surface area (Å²) in [5.41, 5.74) is 1.50. The Bertz CT molecular complexity index is 1010. The zero-order valence-corrected chi connectivity index (χ0v) is 16.3. The summed E-state index contributed by atoms with van der Waals surface area (Å²) in [4.78, 5) is 28.2. The number of nitrogens with zero attached hydrogens (tertiary/aromatic N) is 3. The van der Waals surface area contributed by atoms with Gasteiger partial charge < -0.3 is 19.0 Å². The largest absolute Gasteiger partial charge is 0.467 e. The molecule has 154 valence electrons. The third-order valence-electron chi connectivity index (χ3n) is 4.98. The molecule has 2 heterocycles. The van der Waals surface area contributed by atoms with E-state index in [9.17, 15) is 14.9 Å². The van der Waals surface area contributed by atoms with Gasteiger partial charge in [-0.1, -0.05) is 18.2 Å². The molecule has 0 N–H and O–H groups in total. The zero-order valence-electron chi connectivity index (χ0n) is 16.3. The summed E-state index contributed by atoms with van der Waals surface area (Å²) >= 11 is 0. The number of nitro benzene ring substituents is 1. The highest BCUT2D eigenvalue weighted by Gasteiger charge is 2.27. The van der Waals surface area contributed by atoms with Gasteiger partial charge >= 0.3 is 0 Å². The van der Waals surface area contributed by atoms with Crippen LogP contribution in [0.5, 0.6) is 0 Å². The van der Waals surface area contributed by atoms with E-state index in [0.717, 1.165) is 0 Å². The van der Waals surface area contributed by atoms with Crippen molar-refractivity contribution in [2.75, 3.05) is 36.1 Å². The summed E-state index contributed by atoms with van der Waals surface area (Å²) in [7, 11) is 0. The summed E-state index contributed by atoms with van der Waals surface area (Å²) in [5, 5.41) is 11.4. The van der Waals surface area contributed by atoms with Crippen LogP contribution in [0.25, 0.3) is 0 Å². The van der Waals surface area contributed by atoms with Gasteiger partial charge in [-0.05, 0) is 30.3 Å². The molecule has 1 aromatic heterocycles. The molecular formula is C22H21N3O5. The van der Waals surface area contributed by atoms with Crippen LogP contribution in [-0.2, 0) is 11.3 Å². The highest BCUT2D eigenvalue weighted by atomic mass is 16.6. The van der Waals surface area contributed by atoms with Gasteiger partial charge in [-0.15, -0.1) is 0 Å². The third kappa shape index (κ3) is 4.18. The maximum atomic E-state index is 13.7. The molecule has 2 aromatic carbocycles. The molecule has 0 spiro atoms. The highest BCUT2D eigenvalue weighted by Crippen LogP contribution is 2.30. The van der Waals surface area contributed by atoms with E-state index in [1.165, 1.54) is 12.1 Å². The van der Waals surface area contributed by atoms with E-state index in [0.29, 0.717) is 43.4 Å². The fraction of sp³-hybridized carbons (Fsp3) is 0.227. The summed E-state index contributed by atoms with van der Waals surface area (Å²) in [6.45, 7) is 2.52. The van der Waals surface area contributed by atoms with Crippen molar-refractivity contribution in [3.05, 3.63) is 88.4 Å². The Morgan fingerprint density at radius 2 is 1.83 bits per heavy atom. The van der Waals surface area contributed by atoms with Crippen LogP contribution in [0, 0.1) is 10.1 Å². The van der Waals surface area contributed by atoms with Crippen LogP contribution in [0.3, 0.4) is 0 Å². The topological polar surface area (TPSA) is 89.1 Å². The van der Waals surface area contributed by atoms with Gasteiger partial charge in [0.2, 0.25) is 0 Å². The average Bonchev–Trinajstić information content (AvgIpc) is 3.31. The number of anilines is 2. The molecule has 8 heteroatoms. The molecule has 1 aliphatic rings. The number of benzene rings is 2. The molecule has 0 atom stereocenters. The van der Waals surface area contributed by atoms with Crippen molar-refractivity contribution in [2.24, 2.45) is 0 Å². The number of carbonyl (C=O) groups excluding carboxylic acids is 1. The van der Waals surface area contributed by atoms with Crippen molar-refractivity contribution in [3.8, 4) is 0 Å². The number of para-hydroxylation sites is 1. The summed E-state index contributed by atoms with van der Waals surface area (Å²) in [6, 6.07) is 17.2. The first kappa shape index (κ1) is 19.7. The number of hydrogen-bond donors (Lipinski definition) is 0. The predicted octanol–water partition coefficient (Wildman–Crippen LogP) is 3.87. The number of amides is 1. The monoisotopic (exact) mass is 407 g/mol. The second-order valence-corrected chi connectivity index (χ2v) is 6.86. The van der Waals surface area contributed by atoms with E-state index < -0.39 is 4.92 Å². The number of carbonyl (C=O) groups is 1. The Hall–Kier alpha value is -3.65. The number of non-ortho nitro benzene ring substituents is 1. The van der Waals surface area contributed by atoms with E-state index in [1.807, 2.05) is 35.2 Å². The van der Waals surface area contributed by atoms with Crippen LogP contribution in [0.1, 0.15) is 16.1 Å². The second-order valence-electron chi connectivity index (χ2n) is 6.86. The minimum absolute atomic E-state index is 0.124. The lowest BCUT2D eigenvalue weighted by molar-refractivity contribution is -0.384. The van der Waals surface area contributed by atoms with Crippen molar-refractivity contribution in [1.82, 2.24) is 0 Å². The van der Waals surface area contributed by atoms with Crippen LogP contribution in [0.4, 0.5) is 17.1 Å². The lowest BCUT2D eigenvalue weighted by Gasteiger charge is -2.31. The molecule has 8 nitrogen and oxygen atoms in total. The highest BCUT2D eigenvalue weighted by molar-refractivity contribution is 6.10. The Kier molecular flexibility index (Phi) is 5.76. The van der Waals surface area contributed by atoms with Gasteiger partial charge in [-0.3, -0.25) is 14.9 Å². The maximum absolute atomic E-state index is 13.7. The molecule has 1 aliphatic heterocycles. The quantitative estimate of drug-likeness (QED) is 0.455. The molecule has 0 unspecified atom stereocenters. The Morgan fingerprint density at radius 1 is 1.07 bits per heavy atom. The molecule has 30 heavy (non-hydrogen) atoms. The smallest absolute Gasteiger partial charge is 0.270 e. The normalized spacial score (nSPS) is 13.8. The average molecular weight is 407 g/mol. The van der Waals surface area contributed by atoms with Gasteiger partial charge in [-0.2, -0.15) is 0 Å². The molecule has 1 fully saturated rings. The first-order valence-corrected chi connectivity index (χ1v) is 9.64. The summed E-state index contributed by atoms with van der Waals surface area (Å²) in [5.74, 6) is 0.286. The summed E-state index contributed by atoms with van der Waals surface area (Å²) < 4.78 is 10.9. The standard InChI is InChI=1S/C22H21N3O5/c26-22(24(16-19-7-4-12-30-19)17-5-2-1-3-6-17)20-15-18(25(27)28)8-9-21(20)23-10-13-29-14-11-23/h1-9,12,15H,10-11,13-14,16H2. The minimum Gasteiger partial charge on any atom is -0.467 e. The van der Waals surface area contributed by atoms with Crippen LogP contribution < -0.4 is 9.80 Å². The lowest BCUT2D eigenvalue weighted by Crippen LogP contribution is -2.38. The molecular weight excluding hydrogens is 386 g/mol. The fourth-order valence-electron chi connectivity index (χ4n) is 3.48. The molecule has 0 saturated carbocycles. The molecule has 1 saturated heterocycles. The number of hydrogen-bond acceptors (Lipinski definition) is 6. The van der Waals surface area contributed by atoms with Gasteiger partial charge in [0, 0.05) is 30.9 Å². The number of morpholine rings is 1. The SMILES string of the molecule is O=C(c1cc([N+](=O)[O-])ccc1N1CCOCC1)N(Cc1ccco1)c1ccccc1. The molecule has 0 aliphatic carbocycles. The van der Waals surface area contributed by atoms with Crippen molar-refractivity contribution in [2.45, 2.75) is 6.54 Å². The number of nitro groups is 1. The van der Waals surface area contributed by atoms with Crippen molar-refractivity contribution in [1.29, 1.82) is 0 Å². The number of ether oxygens (including phenoxy) is 1. The van der Waals surface area contributed by atoms with Crippen LogP contribution in [0.2, 0.25) is 0 Å². The maximum Gasteiger partial charge on any atom is 0.270 e. The second kappa shape index (κ2) is 8.79. The molecule has 1 amide bonds. The van der Waals surface area contributed by atoms with Gasteiger partial charge in [-0.25, -0.2) is 0 Å². The lowest BCUT2D eigenvalue weighted by atomic mass is 10.1. The molecule has 3 aromatic rings. The number of rotatable bonds is 6. The van der Waals surface area contributed by atoms with E-state index in [2.05, 4.69) is 0 Å². The molecule has 0 radical (unpaired) electrons. The molecule has 0 bridgehead atoms. The van der Waals surface area contributed by atoms with Crippen LogP contribution in [-0.4, -0.2) is 37.1 Å². The van der Waals surface area contributed by atoms with Gasteiger partial charge in [0.1, 0.15) is 5.76 Å². The Balaban J connectivity index is 1.77. The van der Waals surface area contributed by atoms with E-state index in [-0.39, 0.29) is 23.7 Å². The van der Waals surface area contributed by atoms with Crippen molar-refractivity contribution in [3.63, 3.8) is 0 Å². The fourth-order valence-corrected chi connectivity index (χ4v) is 3.48. The first-order chi connectivity index (χ1) is 14.6. The Morgan fingerprint density at radius 3 is 2.50 bits per heavy atom. The molecule has 4 rings (SSSR count). The summed E-state index contributed by atoms with van der Waals surface area (Å²) in [6.07, 6.45) is 1.55. The van der Waals surface area contributed by atoms with E-state index >= 15 is 0 Å². The predicted molar refractivity (Wildman–Crippen MR) is 112 cm³/mol. The Labute approximate surface area is 173 Å². The van der Waals surface area contributed by atoms with Crippen LogP contribution >= 0.6 is 0 Å². The van der Waals surface area contributed by atoms with Crippen molar-refractivity contribution >= 4 is 23.0 Å². The zero-order chi connectivity index (χ0) is 20.9. The van der Waals surface area contributed by atoms with E-state index in [4.69, 9.17) is 9.15 Å².